The molecule has 94 valence electrons. The molecule has 0 atom stereocenters. The summed E-state index contributed by atoms with van der Waals surface area (Å²) >= 11 is 0. The van der Waals surface area contributed by atoms with Gasteiger partial charge in [-0.3, -0.25) is 4.79 Å². The zero-order valence-electron chi connectivity index (χ0n) is 11.2. The van der Waals surface area contributed by atoms with Crippen molar-refractivity contribution < 1.29 is 4.79 Å². The third kappa shape index (κ3) is 5.50. The highest BCUT2D eigenvalue weighted by molar-refractivity contribution is 5.78. The highest BCUT2D eigenvalue weighted by atomic mass is 16.2. The zero-order valence-corrected chi connectivity index (χ0v) is 11.2. The van der Waals surface area contributed by atoms with Crippen LogP contribution in [0.5, 0.6) is 0 Å². The molecular formula is C13H26N2O. The summed E-state index contributed by atoms with van der Waals surface area (Å²) in [4.78, 5) is 14.0. The van der Waals surface area contributed by atoms with Gasteiger partial charge in [0.1, 0.15) is 0 Å². The third-order valence-corrected chi connectivity index (χ3v) is 2.79. The van der Waals surface area contributed by atoms with Crippen LogP contribution in [0, 0.1) is 5.92 Å². The van der Waals surface area contributed by atoms with E-state index < -0.39 is 0 Å². The minimum Gasteiger partial charge on any atom is -0.341 e. The lowest BCUT2D eigenvalue weighted by Crippen LogP contribution is -2.45. The minimum absolute atomic E-state index is 0.0210. The van der Waals surface area contributed by atoms with Gasteiger partial charge in [0, 0.05) is 18.6 Å². The van der Waals surface area contributed by atoms with Crippen LogP contribution in [-0.4, -0.2) is 36.0 Å². The first-order valence-corrected chi connectivity index (χ1v) is 6.45. The van der Waals surface area contributed by atoms with E-state index in [0.717, 1.165) is 25.4 Å². The van der Waals surface area contributed by atoms with Crippen LogP contribution in [0.25, 0.3) is 0 Å². The summed E-state index contributed by atoms with van der Waals surface area (Å²) in [5, 5.41) is 3.26. The van der Waals surface area contributed by atoms with Gasteiger partial charge in [0.25, 0.3) is 0 Å². The molecule has 0 unspecified atom stereocenters. The van der Waals surface area contributed by atoms with Crippen molar-refractivity contribution in [3.05, 3.63) is 0 Å². The van der Waals surface area contributed by atoms with E-state index in [9.17, 15) is 4.79 Å². The lowest BCUT2D eigenvalue weighted by atomic mass is 10.1. The van der Waals surface area contributed by atoms with Gasteiger partial charge < -0.3 is 10.2 Å². The van der Waals surface area contributed by atoms with Crippen molar-refractivity contribution in [1.82, 2.24) is 10.2 Å². The molecule has 0 heterocycles. The van der Waals surface area contributed by atoms with Crippen molar-refractivity contribution in [2.45, 2.75) is 52.5 Å². The van der Waals surface area contributed by atoms with Gasteiger partial charge in [-0.1, -0.05) is 6.92 Å². The predicted octanol–water partition coefficient (Wildman–Crippen LogP) is 2.02. The molecule has 0 bridgehead atoms. The Morgan fingerprint density at radius 3 is 2.44 bits per heavy atom. The van der Waals surface area contributed by atoms with E-state index in [1.165, 1.54) is 12.8 Å². The smallest absolute Gasteiger partial charge is 0.236 e. The van der Waals surface area contributed by atoms with Crippen LogP contribution in [0.4, 0.5) is 0 Å². The van der Waals surface area contributed by atoms with Crippen molar-refractivity contribution in [3.8, 4) is 0 Å². The summed E-state index contributed by atoms with van der Waals surface area (Å²) in [6.45, 7) is 10.7. The van der Waals surface area contributed by atoms with Gasteiger partial charge in [0.15, 0.2) is 0 Å². The summed E-state index contributed by atoms with van der Waals surface area (Å²) in [5.41, 5.74) is 0.0210. The molecule has 3 heteroatoms. The molecule has 0 aromatic rings. The quantitative estimate of drug-likeness (QED) is 0.751. The lowest BCUT2D eigenvalue weighted by Gasteiger charge is -2.25. The number of amides is 1. The van der Waals surface area contributed by atoms with Gasteiger partial charge in [0.05, 0.1) is 6.54 Å². The van der Waals surface area contributed by atoms with Gasteiger partial charge in [0.2, 0.25) is 5.91 Å². The molecule has 1 amide bonds. The maximum absolute atomic E-state index is 12.0. The Hall–Kier alpha value is -0.570. The monoisotopic (exact) mass is 226 g/mol. The Morgan fingerprint density at radius 2 is 2.00 bits per heavy atom. The Balaban J connectivity index is 2.33. The Bertz CT molecular complexity index is 229. The first-order chi connectivity index (χ1) is 7.42. The van der Waals surface area contributed by atoms with Crippen molar-refractivity contribution in [2.75, 3.05) is 19.6 Å². The summed E-state index contributed by atoms with van der Waals surface area (Å²) in [7, 11) is 0. The number of carbonyl (C=O) groups is 1. The van der Waals surface area contributed by atoms with E-state index in [2.05, 4.69) is 33.0 Å². The normalized spacial score (nSPS) is 16.2. The van der Waals surface area contributed by atoms with Gasteiger partial charge >= 0.3 is 0 Å². The van der Waals surface area contributed by atoms with Crippen LogP contribution in [-0.2, 0) is 4.79 Å². The lowest BCUT2D eigenvalue weighted by molar-refractivity contribution is -0.130. The van der Waals surface area contributed by atoms with Crippen molar-refractivity contribution in [3.63, 3.8) is 0 Å². The van der Waals surface area contributed by atoms with Gasteiger partial charge in [-0.05, 0) is 46.0 Å². The number of hydrogen-bond donors (Lipinski definition) is 1. The zero-order chi connectivity index (χ0) is 12.2. The fourth-order valence-corrected chi connectivity index (χ4v) is 1.65. The summed E-state index contributed by atoms with van der Waals surface area (Å²) in [6, 6.07) is 0. The predicted molar refractivity (Wildman–Crippen MR) is 67.4 cm³/mol. The molecule has 1 aliphatic rings. The SMILES string of the molecule is CCCN(CC1CC1)C(=O)CNC(C)(C)C. The molecule has 1 N–H and O–H groups in total. The van der Waals surface area contributed by atoms with E-state index in [4.69, 9.17) is 0 Å². The Kier molecular flexibility index (Phi) is 4.78. The topological polar surface area (TPSA) is 32.3 Å². The second-order valence-electron chi connectivity index (χ2n) is 5.89. The largest absolute Gasteiger partial charge is 0.341 e. The molecular weight excluding hydrogens is 200 g/mol. The molecule has 0 radical (unpaired) electrons. The van der Waals surface area contributed by atoms with Crippen LogP contribution in [0.3, 0.4) is 0 Å². The molecule has 1 saturated carbocycles. The summed E-state index contributed by atoms with van der Waals surface area (Å²) in [6.07, 6.45) is 3.66. The summed E-state index contributed by atoms with van der Waals surface area (Å²) < 4.78 is 0. The number of nitrogens with zero attached hydrogens (tertiary/aromatic N) is 1. The minimum atomic E-state index is 0.0210. The van der Waals surface area contributed by atoms with E-state index in [0.29, 0.717) is 6.54 Å². The number of rotatable bonds is 6. The van der Waals surface area contributed by atoms with Crippen LogP contribution in [0.1, 0.15) is 47.0 Å². The van der Waals surface area contributed by atoms with Gasteiger partial charge in [-0.25, -0.2) is 0 Å². The van der Waals surface area contributed by atoms with Gasteiger partial charge in [-0.15, -0.1) is 0 Å². The molecule has 1 fully saturated rings. The molecule has 0 spiro atoms. The van der Waals surface area contributed by atoms with E-state index in [-0.39, 0.29) is 11.4 Å². The first-order valence-electron chi connectivity index (χ1n) is 6.45. The summed E-state index contributed by atoms with van der Waals surface area (Å²) in [5.74, 6) is 1.04. The highest BCUT2D eigenvalue weighted by Gasteiger charge is 2.26. The first kappa shape index (κ1) is 13.5. The number of nitrogens with one attached hydrogen (secondary N) is 1. The van der Waals surface area contributed by atoms with E-state index >= 15 is 0 Å². The fourth-order valence-electron chi connectivity index (χ4n) is 1.65. The highest BCUT2D eigenvalue weighted by Crippen LogP contribution is 2.29. The van der Waals surface area contributed by atoms with Crippen LogP contribution < -0.4 is 5.32 Å². The maximum Gasteiger partial charge on any atom is 0.236 e. The van der Waals surface area contributed by atoms with Crippen molar-refractivity contribution in [2.24, 2.45) is 5.92 Å². The molecule has 1 rings (SSSR count). The second-order valence-corrected chi connectivity index (χ2v) is 5.89. The van der Waals surface area contributed by atoms with Crippen molar-refractivity contribution in [1.29, 1.82) is 0 Å². The maximum atomic E-state index is 12.0. The molecule has 3 nitrogen and oxygen atoms in total. The van der Waals surface area contributed by atoms with Crippen LogP contribution in [0.15, 0.2) is 0 Å². The van der Waals surface area contributed by atoms with Gasteiger partial charge in [-0.2, -0.15) is 0 Å². The molecule has 1 aliphatic carbocycles. The Labute approximate surface area is 99.6 Å². The molecule has 16 heavy (non-hydrogen) atoms. The second kappa shape index (κ2) is 5.67. The van der Waals surface area contributed by atoms with Crippen LogP contribution in [0.2, 0.25) is 0 Å². The molecule has 0 saturated heterocycles. The molecule has 0 aromatic heterocycles. The standard InChI is InChI=1S/C13H26N2O/c1-5-8-15(10-11-6-7-11)12(16)9-14-13(2,3)4/h11,14H,5-10H2,1-4H3. The fraction of sp³-hybridized carbons (Fsp3) is 0.923. The van der Waals surface area contributed by atoms with E-state index in [1.807, 2.05) is 4.90 Å². The van der Waals surface area contributed by atoms with Crippen LogP contribution >= 0.6 is 0 Å². The Morgan fingerprint density at radius 1 is 1.38 bits per heavy atom. The average Bonchev–Trinajstić information content (AvgIpc) is 2.96. The van der Waals surface area contributed by atoms with Crippen molar-refractivity contribution >= 4 is 5.91 Å². The van der Waals surface area contributed by atoms with E-state index in [1.54, 1.807) is 0 Å². The number of hydrogen-bond acceptors (Lipinski definition) is 2. The molecule has 0 aliphatic heterocycles. The third-order valence-electron chi connectivity index (χ3n) is 2.79. The number of carbonyl (C=O) groups excluding carboxylic acids is 1. The average molecular weight is 226 g/mol. The molecule has 0 aromatic carbocycles.